The Bertz CT molecular complexity index is 936. The molecule has 1 N–H and O–H groups in total. The number of nitrogens with one attached hydrogen (secondary N) is 1. The van der Waals surface area contributed by atoms with Gasteiger partial charge in [-0.25, -0.2) is 9.97 Å². The van der Waals surface area contributed by atoms with Crippen LogP contribution in [0.4, 0.5) is 5.82 Å². The van der Waals surface area contributed by atoms with E-state index in [1.165, 1.54) is 0 Å². The summed E-state index contributed by atoms with van der Waals surface area (Å²) < 4.78 is 5.76. The number of amides is 1. The molecule has 0 aliphatic carbocycles. The number of hydrogen-bond donors (Lipinski definition) is 1. The molecule has 1 fully saturated rings. The molecule has 29 heavy (non-hydrogen) atoms. The van der Waals surface area contributed by atoms with E-state index in [9.17, 15) is 4.79 Å². The molecule has 2 aromatic heterocycles. The summed E-state index contributed by atoms with van der Waals surface area (Å²) in [5.41, 5.74) is 0.945. The van der Waals surface area contributed by atoms with Crippen molar-refractivity contribution < 1.29 is 9.53 Å². The number of para-hydroxylation sites is 1. The average Bonchev–Trinajstić information content (AvgIpc) is 2.79. The fourth-order valence-corrected chi connectivity index (χ4v) is 3.41. The topological polar surface area (TPSA) is 80.2 Å². The number of benzene rings is 1. The van der Waals surface area contributed by atoms with Crippen LogP contribution in [0.5, 0.6) is 11.6 Å². The first-order valence-corrected chi connectivity index (χ1v) is 9.74. The maximum atomic E-state index is 12.7. The van der Waals surface area contributed by atoms with Crippen LogP contribution in [0, 0.1) is 5.92 Å². The van der Waals surface area contributed by atoms with Crippen molar-refractivity contribution in [2.45, 2.75) is 19.4 Å². The fraction of sp³-hybridized carbons (Fsp3) is 0.273. The third kappa shape index (κ3) is 5.07. The van der Waals surface area contributed by atoms with Crippen LogP contribution in [0.15, 0.2) is 67.3 Å². The van der Waals surface area contributed by atoms with Crippen LogP contribution < -0.4 is 15.0 Å². The van der Waals surface area contributed by atoms with Gasteiger partial charge in [0, 0.05) is 44.3 Å². The minimum atomic E-state index is -0.0624. The monoisotopic (exact) mass is 389 g/mol. The van der Waals surface area contributed by atoms with Crippen LogP contribution >= 0.6 is 0 Å². The van der Waals surface area contributed by atoms with Crippen molar-refractivity contribution in [2.24, 2.45) is 5.92 Å². The minimum absolute atomic E-state index is 0.0564. The second-order valence-corrected chi connectivity index (χ2v) is 6.98. The molecule has 0 unspecified atom stereocenters. The van der Waals surface area contributed by atoms with Crippen molar-refractivity contribution in [3.8, 4) is 11.6 Å². The number of carbonyl (C=O) groups is 1. The van der Waals surface area contributed by atoms with Gasteiger partial charge in [0.1, 0.15) is 11.6 Å². The van der Waals surface area contributed by atoms with E-state index in [-0.39, 0.29) is 11.8 Å². The third-order valence-electron chi connectivity index (χ3n) is 4.90. The average molecular weight is 389 g/mol. The number of nitrogens with zero attached hydrogens (tertiary/aromatic N) is 4. The maximum Gasteiger partial charge on any atom is 0.225 e. The van der Waals surface area contributed by atoms with E-state index in [0.717, 1.165) is 36.5 Å². The number of carbonyl (C=O) groups excluding carboxylic acids is 1. The van der Waals surface area contributed by atoms with Crippen molar-refractivity contribution in [3.05, 3.63) is 72.8 Å². The van der Waals surface area contributed by atoms with Crippen molar-refractivity contribution >= 4 is 11.7 Å². The van der Waals surface area contributed by atoms with Gasteiger partial charge in [-0.05, 0) is 36.6 Å². The zero-order valence-electron chi connectivity index (χ0n) is 16.1. The first-order valence-electron chi connectivity index (χ1n) is 9.74. The normalized spacial score (nSPS) is 16.3. The Balaban J connectivity index is 1.33. The second-order valence-electron chi connectivity index (χ2n) is 6.98. The lowest BCUT2D eigenvalue weighted by Crippen LogP contribution is -2.43. The van der Waals surface area contributed by atoms with Crippen LogP contribution in [0.3, 0.4) is 0 Å². The molecule has 7 heteroatoms. The summed E-state index contributed by atoms with van der Waals surface area (Å²) in [7, 11) is 0. The minimum Gasteiger partial charge on any atom is -0.439 e. The molecule has 3 aromatic rings. The van der Waals surface area contributed by atoms with Crippen LogP contribution in [-0.2, 0) is 11.3 Å². The largest absolute Gasteiger partial charge is 0.439 e. The molecule has 0 radical (unpaired) electrons. The van der Waals surface area contributed by atoms with E-state index in [1.54, 1.807) is 24.8 Å². The molecule has 0 bridgehead atoms. The molecule has 7 nitrogen and oxygen atoms in total. The summed E-state index contributed by atoms with van der Waals surface area (Å²) in [6.07, 6.45) is 8.60. The number of piperidine rings is 1. The summed E-state index contributed by atoms with van der Waals surface area (Å²) in [5, 5.41) is 3.05. The third-order valence-corrected chi connectivity index (χ3v) is 4.90. The highest BCUT2D eigenvalue weighted by molar-refractivity contribution is 5.79. The molecule has 1 aliphatic rings. The highest BCUT2D eigenvalue weighted by atomic mass is 16.5. The second kappa shape index (κ2) is 9.14. The van der Waals surface area contributed by atoms with Gasteiger partial charge >= 0.3 is 0 Å². The van der Waals surface area contributed by atoms with E-state index in [1.807, 2.05) is 42.5 Å². The molecule has 1 atom stereocenters. The van der Waals surface area contributed by atoms with Gasteiger partial charge in [-0.15, -0.1) is 0 Å². The standard InChI is InChI=1S/C22H23N5O2/c28-22(18-5-4-12-27(16-18)20-15-23-10-11-24-20)26-14-17-8-9-25-21(13-17)29-19-6-2-1-3-7-19/h1-3,6-11,13,15,18H,4-5,12,14,16H2,(H,26,28)/t18-/m1/s1. The molecule has 1 aliphatic heterocycles. The molecule has 4 rings (SSSR count). The number of aromatic nitrogens is 3. The Morgan fingerprint density at radius 3 is 2.86 bits per heavy atom. The van der Waals surface area contributed by atoms with Crippen LogP contribution in [0.1, 0.15) is 18.4 Å². The molecule has 1 amide bonds. The Morgan fingerprint density at radius 1 is 1.14 bits per heavy atom. The molecule has 1 aromatic carbocycles. The lowest BCUT2D eigenvalue weighted by Gasteiger charge is -2.32. The van der Waals surface area contributed by atoms with Gasteiger partial charge in [-0.2, -0.15) is 0 Å². The fourth-order valence-electron chi connectivity index (χ4n) is 3.41. The van der Waals surface area contributed by atoms with Crippen LogP contribution in [0.2, 0.25) is 0 Å². The Kier molecular flexibility index (Phi) is 5.95. The molecule has 1 saturated heterocycles. The van der Waals surface area contributed by atoms with Gasteiger partial charge < -0.3 is 15.0 Å². The zero-order chi connectivity index (χ0) is 19.9. The van der Waals surface area contributed by atoms with E-state index in [4.69, 9.17) is 4.74 Å². The summed E-state index contributed by atoms with van der Waals surface area (Å²) in [6, 6.07) is 13.2. The molecule has 3 heterocycles. The number of hydrogen-bond acceptors (Lipinski definition) is 6. The molecule has 0 saturated carbocycles. The Hall–Kier alpha value is -3.48. The SMILES string of the molecule is O=C(NCc1ccnc(Oc2ccccc2)c1)[C@@H]1CCCN(c2cnccn2)C1. The number of ether oxygens (including phenoxy) is 1. The molecular weight excluding hydrogens is 366 g/mol. The van der Waals surface area contributed by atoms with E-state index < -0.39 is 0 Å². The lowest BCUT2D eigenvalue weighted by molar-refractivity contribution is -0.125. The van der Waals surface area contributed by atoms with Gasteiger partial charge in [0.2, 0.25) is 11.8 Å². The Labute approximate surface area is 169 Å². The van der Waals surface area contributed by atoms with Crippen molar-refractivity contribution in [1.82, 2.24) is 20.3 Å². The smallest absolute Gasteiger partial charge is 0.225 e. The summed E-state index contributed by atoms with van der Waals surface area (Å²) in [5.74, 6) is 2.05. The quantitative estimate of drug-likeness (QED) is 0.697. The first-order chi connectivity index (χ1) is 14.3. The van der Waals surface area contributed by atoms with Crippen LogP contribution in [0.25, 0.3) is 0 Å². The number of pyridine rings is 1. The van der Waals surface area contributed by atoms with Crippen molar-refractivity contribution in [1.29, 1.82) is 0 Å². The van der Waals surface area contributed by atoms with E-state index in [0.29, 0.717) is 19.0 Å². The number of anilines is 1. The van der Waals surface area contributed by atoms with E-state index in [2.05, 4.69) is 25.2 Å². The predicted octanol–water partition coefficient (Wildman–Crippen LogP) is 3.20. The Morgan fingerprint density at radius 2 is 2.03 bits per heavy atom. The highest BCUT2D eigenvalue weighted by Gasteiger charge is 2.26. The van der Waals surface area contributed by atoms with Gasteiger partial charge in [0.15, 0.2) is 0 Å². The summed E-state index contributed by atoms with van der Waals surface area (Å²) >= 11 is 0. The van der Waals surface area contributed by atoms with Crippen molar-refractivity contribution in [2.75, 3.05) is 18.0 Å². The highest BCUT2D eigenvalue weighted by Crippen LogP contribution is 2.22. The van der Waals surface area contributed by atoms with Crippen molar-refractivity contribution in [3.63, 3.8) is 0 Å². The number of rotatable bonds is 6. The predicted molar refractivity (Wildman–Crippen MR) is 110 cm³/mol. The molecule has 148 valence electrons. The van der Waals surface area contributed by atoms with Gasteiger partial charge in [-0.1, -0.05) is 18.2 Å². The van der Waals surface area contributed by atoms with Crippen LogP contribution in [-0.4, -0.2) is 33.9 Å². The van der Waals surface area contributed by atoms with Gasteiger partial charge in [0.25, 0.3) is 0 Å². The summed E-state index contributed by atoms with van der Waals surface area (Å²) in [6.45, 7) is 1.99. The van der Waals surface area contributed by atoms with Gasteiger partial charge in [0.05, 0.1) is 12.1 Å². The van der Waals surface area contributed by atoms with E-state index >= 15 is 0 Å². The maximum absolute atomic E-state index is 12.7. The lowest BCUT2D eigenvalue weighted by atomic mass is 9.97. The molecule has 0 spiro atoms. The zero-order valence-corrected chi connectivity index (χ0v) is 16.1. The first kappa shape index (κ1) is 18.9. The summed E-state index contributed by atoms with van der Waals surface area (Å²) in [4.78, 5) is 27.5. The van der Waals surface area contributed by atoms with Gasteiger partial charge in [-0.3, -0.25) is 9.78 Å². The molecular formula is C22H23N5O2.